The molecule has 2 aliphatic rings. The van der Waals surface area contributed by atoms with Crippen LogP contribution in [0.5, 0.6) is 0 Å². The average molecular weight is 476 g/mol. The summed E-state index contributed by atoms with van der Waals surface area (Å²) in [6.45, 7) is 6.48. The average Bonchev–Trinajstić information content (AvgIpc) is 3.26. The summed E-state index contributed by atoms with van der Waals surface area (Å²) in [5, 5.41) is 1.15. The fourth-order valence-corrected chi connectivity index (χ4v) is 6.47. The van der Waals surface area contributed by atoms with Crippen LogP contribution in [-0.4, -0.2) is 23.8 Å². The predicted octanol–water partition coefficient (Wildman–Crippen LogP) is 7.22. The van der Waals surface area contributed by atoms with Crippen LogP contribution in [0, 0.1) is 12.8 Å². The molecule has 1 saturated carbocycles. The summed E-state index contributed by atoms with van der Waals surface area (Å²) in [7, 11) is 0. The van der Waals surface area contributed by atoms with Gasteiger partial charge in [-0.1, -0.05) is 35.9 Å². The Morgan fingerprint density at radius 3 is 2.61 bits per heavy atom. The number of hydrogen-bond donors (Lipinski definition) is 0. The fourth-order valence-electron chi connectivity index (χ4n) is 5.16. The van der Waals surface area contributed by atoms with Gasteiger partial charge in [0.15, 0.2) is 0 Å². The van der Waals surface area contributed by atoms with Gasteiger partial charge in [-0.15, -0.1) is 11.3 Å². The first kappa shape index (κ1) is 21.2. The van der Waals surface area contributed by atoms with Crippen molar-refractivity contribution in [1.29, 1.82) is 0 Å². The molecule has 0 spiro atoms. The number of carbonyl (C=O) groups is 1. The Kier molecular flexibility index (Phi) is 5.02. The van der Waals surface area contributed by atoms with E-state index in [-0.39, 0.29) is 11.3 Å². The van der Waals surface area contributed by atoms with E-state index in [1.807, 2.05) is 6.07 Å². The molecule has 2 fully saturated rings. The predicted molar refractivity (Wildman–Crippen MR) is 135 cm³/mol. The van der Waals surface area contributed by atoms with E-state index < -0.39 is 0 Å². The van der Waals surface area contributed by atoms with E-state index >= 15 is 0 Å². The number of aryl methyl sites for hydroxylation is 1. The molecule has 0 radical (unpaired) electrons. The molecule has 168 valence electrons. The summed E-state index contributed by atoms with van der Waals surface area (Å²) in [5.74, 6) is 1.44. The zero-order valence-electron chi connectivity index (χ0n) is 18.9. The third kappa shape index (κ3) is 3.74. The van der Waals surface area contributed by atoms with Crippen LogP contribution >= 0.6 is 22.9 Å². The van der Waals surface area contributed by atoms with Crippen LogP contribution in [0.2, 0.25) is 4.34 Å². The standard InChI is InChI=1S/C28H26ClNO2S/c1-17-11-19(14-30-15-21(16-30)18(2)31)3-5-23(17)25-13-20-12-22(4-6-24(20)32-25)28(9-10-28)26-7-8-27(29)33-26/h3-8,11-13,21H,9-10,14-16H2,1-2H3. The number of hydrogen-bond acceptors (Lipinski definition) is 4. The number of furan rings is 1. The highest BCUT2D eigenvalue weighted by atomic mass is 35.5. The van der Waals surface area contributed by atoms with E-state index in [0.29, 0.717) is 5.78 Å². The molecule has 1 aliphatic carbocycles. The van der Waals surface area contributed by atoms with Crippen LogP contribution in [0.1, 0.15) is 41.3 Å². The van der Waals surface area contributed by atoms with E-state index in [9.17, 15) is 4.79 Å². The van der Waals surface area contributed by atoms with E-state index in [4.69, 9.17) is 16.0 Å². The second kappa shape index (κ2) is 7.83. The normalized spacial score (nSPS) is 17.9. The molecule has 4 aromatic rings. The Bertz CT molecular complexity index is 1370. The molecular formula is C28H26ClNO2S. The van der Waals surface area contributed by atoms with Crippen molar-refractivity contribution in [2.45, 2.75) is 38.6 Å². The highest BCUT2D eigenvalue weighted by Gasteiger charge is 2.47. The minimum absolute atomic E-state index is 0.124. The number of carbonyl (C=O) groups excluding carboxylic acids is 1. The summed E-state index contributed by atoms with van der Waals surface area (Å²) in [6, 6.07) is 19.6. The number of nitrogens with zero attached hydrogens (tertiary/aromatic N) is 1. The maximum absolute atomic E-state index is 11.5. The summed E-state index contributed by atoms with van der Waals surface area (Å²) >= 11 is 7.92. The zero-order chi connectivity index (χ0) is 22.7. The number of ketones is 1. The second-order valence-corrected chi connectivity index (χ2v) is 11.4. The second-order valence-electron chi connectivity index (χ2n) is 9.70. The van der Waals surface area contributed by atoms with Gasteiger partial charge in [0.2, 0.25) is 0 Å². The molecule has 2 aromatic heterocycles. The van der Waals surface area contributed by atoms with Crippen LogP contribution in [0.25, 0.3) is 22.3 Å². The van der Waals surface area contributed by atoms with Gasteiger partial charge in [0.1, 0.15) is 17.1 Å². The Morgan fingerprint density at radius 2 is 1.94 bits per heavy atom. The molecule has 1 saturated heterocycles. The Balaban J connectivity index is 1.25. The van der Waals surface area contributed by atoms with Crippen LogP contribution in [-0.2, 0) is 16.8 Å². The summed E-state index contributed by atoms with van der Waals surface area (Å²) in [5.41, 5.74) is 6.02. The molecule has 5 heteroatoms. The van der Waals surface area contributed by atoms with Gasteiger partial charge in [-0.05, 0) is 73.7 Å². The fraction of sp³-hybridized carbons (Fsp3) is 0.321. The summed E-state index contributed by atoms with van der Waals surface area (Å²) in [6.07, 6.45) is 2.34. The number of halogens is 1. The topological polar surface area (TPSA) is 33.5 Å². The molecule has 0 bridgehead atoms. The van der Waals surface area contributed by atoms with Crippen molar-refractivity contribution in [2.24, 2.45) is 5.92 Å². The highest BCUT2D eigenvalue weighted by molar-refractivity contribution is 7.16. The molecular weight excluding hydrogens is 450 g/mol. The first-order valence-electron chi connectivity index (χ1n) is 11.5. The first-order chi connectivity index (χ1) is 15.9. The zero-order valence-corrected chi connectivity index (χ0v) is 20.4. The van der Waals surface area contributed by atoms with Gasteiger partial charge in [0.05, 0.1) is 4.34 Å². The molecule has 2 aromatic carbocycles. The number of benzene rings is 2. The van der Waals surface area contributed by atoms with Crippen LogP contribution < -0.4 is 0 Å². The Morgan fingerprint density at radius 1 is 1.12 bits per heavy atom. The van der Waals surface area contributed by atoms with Crippen molar-refractivity contribution in [3.63, 3.8) is 0 Å². The molecule has 0 amide bonds. The maximum Gasteiger partial charge on any atom is 0.135 e. The highest BCUT2D eigenvalue weighted by Crippen LogP contribution is 2.56. The van der Waals surface area contributed by atoms with Crippen molar-refractivity contribution in [3.8, 4) is 11.3 Å². The lowest BCUT2D eigenvalue weighted by Gasteiger charge is -2.37. The smallest absolute Gasteiger partial charge is 0.135 e. The lowest BCUT2D eigenvalue weighted by atomic mass is 9.93. The van der Waals surface area contributed by atoms with Gasteiger partial charge >= 0.3 is 0 Å². The largest absolute Gasteiger partial charge is 0.456 e. The van der Waals surface area contributed by atoms with E-state index in [1.54, 1.807) is 18.3 Å². The van der Waals surface area contributed by atoms with E-state index in [0.717, 1.165) is 46.3 Å². The SMILES string of the molecule is CC(=O)C1CN(Cc2ccc(-c3cc4cc(C5(c6ccc(Cl)s6)CC5)ccc4o3)c(C)c2)C1. The van der Waals surface area contributed by atoms with Crippen molar-refractivity contribution >= 4 is 39.7 Å². The van der Waals surface area contributed by atoms with E-state index in [2.05, 4.69) is 60.4 Å². The maximum atomic E-state index is 11.5. The number of likely N-dealkylation sites (tertiary alicyclic amines) is 1. The molecule has 0 unspecified atom stereocenters. The van der Waals surface area contributed by atoms with Gasteiger partial charge in [0, 0.05) is 46.8 Å². The van der Waals surface area contributed by atoms with Crippen molar-refractivity contribution in [1.82, 2.24) is 4.90 Å². The minimum atomic E-state index is 0.124. The monoisotopic (exact) mass is 475 g/mol. The van der Waals surface area contributed by atoms with Gasteiger partial charge < -0.3 is 4.42 Å². The van der Waals surface area contributed by atoms with Gasteiger partial charge in [-0.3, -0.25) is 9.69 Å². The van der Waals surface area contributed by atoms with Crippen LogP contribution in [0.15, 0.2) is 59.0 Å². The first-order valence-corrected chi connectivity index (χ1v) is 12.7. The Hall–Kier alpha value is -2.40. The summed E-state index contributed by atoms with van der Waals surface area (Å²) < 4.78 is 7.12. The lowest BCUT2D eigenvalue weighted by Crippen LogP contribution is -2.48. The number of rotatable bonds is 6. The minimum Gasteiger partial charge on any atom is -0.456 e. The number of thiophene rings is 1. The van der Waals surface area contributed by atoms with Gasteiger partial charge in [-0.25, -0.2) is 0 Å². The lowest BCUT2D eigenvalue weighted by molar-refractivity contribution is -0.126. The third-order valence-electron chi connectivity index (χ3n) is 7.36. The number of fused-ring (bicyclic) bond motifs is 1. The molecule has 3 nitrogen and oxygen atoms in total. The van der Waals surface area contributed by atoms with Crippen LogP contribution in [0.3, 0.4) is 0 Å². The van der Waals surface area contributed by atoms with Crippen LogP contribution in [0.4, 0.5) is 0 Å². The van der Waals surface area contributed by atoms with Crippen molar-refractivity contribution < 1.29 is 9.21 Å². The van der Waals surface area contributed by atoms with Gasteiger partial charge in [-0.2, -0.15) is 0 Å². The molecule has 0 atom stereocenters. The summed E-state index contributed by atoms with van der Waals surface area (Å²) in [4.78, 5) is 15.2. The molecule has 33 heavy (non-hydrogen) atoms. The molecule has 6 rings (SSSR count). The van der Waals surface area contributed by atoms with Crippen molar-refractivity contribution in [3.05, 3.63) is 80.5 Å². The van der Waals surface area contributed by atoms with Gasteiger partial charge in [0.25, 0.3) is 0 Å². The molecule has 1 aliphatic heterocycles. The molecule has 3 heterocycles. The quantitative estimate of drug-likeness (QED) is 0.295. The molecule has 0 N–H and O–H groups in total. The Labute approximate surface area is 203 Å². The van der Waals surface area contributed by atoms with E-state index in [1.165, 1.54) is 34.4 Å². The third-order valence-corrected chi connectivity index (χ3v) is 8.79. The number of Topliss-reactive ketones (excluding diaryl/α,β-unsaturated/α-hetero) is 1. The van der Waals surface area contributed by atoms with Crippen molar-refractivity contribution in [2.75, 3.05) is 13.1 Å².